The van der Waals surface area contributed by atoms with E-state index < -0.39 is 0 Å². The minimum Gasteiger partial charge on any atom is -0.272 e. The van der Waals surface area contributed by atoms with Crippen LogP contribution < -0.4 is 0 Å². The molecule has 1 heterocycles. The minimum absolute atomic E-state index is 0.227. The summed E-state index contributed by atoms with van der Waals surface area (Å²) in [6.45, 7) is 0. The summed E-state index contributed by atoms with van der Waals surface area (Å²) >= 11 is 0.964. The Hall–Kier alpha value is -1.81. The van der Waals surface area contributed by atoms with Crippen molar-refractivity contribution in [2.75, 3.05) is 7.05 Å². The van der Waals surface area contributed by atoms with E-state index in [2.05, 4.69) is 0 Å². The molecule has 2 amide bonds. The molecule has 17 heavy (non-hydrogen) atoms. The zero-order valence-corrected chi connectivity index (χ0v) is 10.1. The highest BCUT2D eigenvalue weighted by Gasteiger charge is 2.31. The third-order valence-electron chi connectivity index (χ3n) is 2.32. The Morgan fingerprint density at radius 3 is 2.47 bits per heavy atom. The van der Waals surface area contributed by atoms with Crippen LogP contribution in [-0.2, 0) is 4.79 Å². The van der Waals surface area contributed by atoms with Gasteiger partial charge in [-0.15, -0.1) is 0 Å². The highest BCUT2D eigenvalue weighted by Crippen LogP contribution is 2.29. The first-order valence-electron chi connectivity index (χ1n) is 5.12. The van der Waals surface area contributed by atoms with Crippen molar-refractivity contribution in [3.63, 3.8) is 0 Å². The lowest BCUT2D eigenvalue weighted by atomic mass is 10.2. The van der Waals surface area contributed by atoms with Gasteiger partial charge in [-0.05, 0) is 23.4 Å². The van der Waals surface area contributed by atoms with E-state index in [1.165, 1.54) is 7.05 Å². The molecule has 0 saturated carbocycles. The number of carbonyl (C=O) groups excluding carboxylic acids is 2. The Bertz CT molecular complexity index is 505. The van der Waals surface area contributed by atoms with Crippen LogP contribution in [0.1, 0.15) is 5.56 Å². The summed E-state index contributed by atoms with van der Waals surface area (Å²) in [4.78, 5) is 24.4. The van der Waals surface area contributed by atoms with Crippen molar-refractivity contribution < 1.29 is 9.59 Å². The van der Waals surface area contributed by atoms with E-state index in [9.17, 15) is 9.59 Å². The van der Waals surface area contributed by atoms with Gasteiger partial charge in [-0.25, -0.2) is 0 Å². The highest BCUT2D eigenvalue weighted by atomic mass is 32.2. The average molecular weight is 245 g/mol. The summed E-state index contributed by atoms with van der Waals surface area (Å²) in [5.74, 6) is -0.238. The summed E-state index contributed by atoms with van der Waals surface area (Å²) in [6, 6.07) is 9.77. The van der Waals surface area contributed by atoms with E-state index in [0.717, 1.165) is 22.2 Å². The molecule has 0 atom stereocenters. The van der Waals surface area contributed by atoms with Crippen LogP contribution >= 0.6 is 11.8 Å². The van der Waals surface area contributed by atoms with Crippen molar-refractivity contribution in [3.8, 4) is 0 Å². The number of allylic oxidation sites excluding steroid dienone is 2. The second-order valence-corrected chi connectivity index (χ2v) is 4.53. The van der Waals surface area contributed by atoms with Crippen molar-refractivity contribution >= 4 is 29.0 Å². The van der Waals surface area contributed by atoms with Gasteiger partial charge in [0.2, 0.25) is 0 Å². The summed E-state index contributed by atoms with van der Waals surface area (Å²) in [7, 11) is 1.49. The second kappa shape index (κ2) is 5.01. The molecule has 0 N–H and O–H groups in total. The number of hydrogen-bond acceptors (Lipinski definition) is 3. The smallest absolute Gasteiger partial charge is 0.272 e. The largest absolute Gasteiger partial charge is 0.293 e. The number of likely N-dealkylation sites (N-methyl/N-ethyl adjacent to an activating group) is 1. The van der Waals surface area contributed by atoms with Gasteiger partial charge in [0.15, 0.2) is 0 Å². The Morgan fingerprint density at radius 1 is 1.18 bits per heavy atom. The van der Waals surface area contributed by atoms with Crippen LogP contribution in [0.15, 0.2) is 47.4 Å². The predicted octanol–water partition coefficient (Wildman–Crippen LogP) is 2.91. The monoisotopic (exact) mass is 245 g/mol. The van der Waals surface area contributed by atoms with E-state index in [4.69, 9.17) is 0 Å². The van der Waals surface area contributed by atoms with Gasteiger partial charge in [-0.1, -0.05) is 42.5 Å². The molecule has 1 saturated heterocycles. The van der Waals surface area contributed by atoms with E-state index >= 15 is 0 Å². The molecule has 86 valence electrons. The van der Waals surface area contributed by atoms with Crippen molar-refractivity contribution in [1.29, 1.82) is 0 Å². The number of imide groups is 1. The Kier molecular flexibility index (Phi) is 3.44. The van der Waals surface area contributed by atoms with Crippen molar-refractivity contribution in [2.24, 2.45) is 0 Å². The van der Waals surface area contributed by atoms with Crippen molar-refractivity contribution in [2.45, 2.75) is 0 Å². The Balaban J connectivity index is 2.10. The van der Waals surface area contributed by atoms with Crippen LogP contribution in [0.2, 0.25) is 0 Å². The standard InChI is InChI=1S/C13H11NO2S/c1-14-12(15)11(17-13(14)16)9-5-8-10-6-3-2-4-7-10/h2-9H,1H3/b8-5+,11-9-. The molecule has 0 radical (unpaired) electrons. The first kappa shape index (κ1) is 11.7. The number of amides is 2. The fourth-order valence-corrected chi connectivity index (χ4v) is 2.15. The normalized spacial score (nSPS) is 18.6. The Morgan fingerprint density at radius 2 is 1.88 bits per heavy atom. The first-order chi connectivity index (χ1) is 8.18. The maximum atomic E-state index is 11.5. The number of carbonyl (C=O) groups is 2. The topological polar surface area (TPSA) is 37.4 Å². The van der Waals surface area contributed by atoms with Crippen LogP contribution in [0.3, 0.4) is 0 Å². The molecular weight excluding hydrogens is 234 g/mol. The molecule has 0 spiro atoms. The highest BCUT2D eigenvalue weighted by molar-refractivity contribution is 8.18. The van der Waals surface area contributed by atoms with Crippen LogP contribution in [0.25, 0.3) is 6.08 Å². The van der Waals surface area contributed by atoms with Crippen LogP contribution in [0.4, 0.5) is 4.79 Å². The molecule has 0 aliphatic carbocycles. The number of rotatable bonds is 2. The first-order valence-corrected chi connectivity index (χ1v) is 5.93. The summed E-state index contributed by atoms with van der Waals surface area (Å²) in [6.07, 6.45) is 5.34. The molecule has 1 fully saturated rings. The fraction of sp³-hybridized carbons (Fsp3) is 0.0769. The van der Waals surface area contributed by atoms with E-state index in [-0.39, 0.29) is 11.1 Å². The third kappa shape index (κ3) is 2.65. The maximum absolute atomic E-state index is 11.5. The van der Waals surface area contributed by atoms with E-state index in [0.29, 0.717) is 4.91 Å². The van der Waals surface area contributed by atoms with E-state index in [1.807, 2.05) is 36.4 Å². The number of nitrogens with zero attached hydrogens (tertiary/aromatic N) is 1. The minimum atomic E-state index is -0.238. The van der Waals surface area contributed by atoms with Gasteiger partial charge >= 0.3 is 0 Å². The summed E-state index contributed by atoms with van der Waals surface area (Å²) < 4.78 is 0. The van der Waals surface area contributed by atoms with Gasteiger partial charge in [-0.2, -0.15) is 0 Å². The average Bonchev–Trinajstić information content (AvgIpc) is 2.59. The zero-order chi connectivity index (χ0) is 12.3. The second-order valence-electron chi connectivity index (χ2n) is 3.53. The van der Waals surface area contributed by atoms with Crippen molar-refractivity contribution in [3.05, 3.63) is 53.0 Å². The molecule has 0 unspecified atom stereocenters. The lowest BCUT2D eigenvalue weighted by molar-refractivity contribution is -0.121. The zero-order valence-electron chi connectivity index (χ0n) is 9.29. The molecule has 1 aliphatic heterocycles. The van der Waals surface area contributed by atoms with E-state index in [1.54, 1.807) is 12.2 Å². The lowest BCUT2D eigenvalue weighted by Crippen LogP contribution is -2.22. The molecule has 1 aliphatic rings. The molecule has 2 rings (SSSR count). The Labute approximate surface area is 104 Å². The van der Waals surface area contributed by atoms with Crippen LogP contribution in [0.5, 0.6) is 0 Å². The molecular formula is C13H11NO2S. The molecule has 4 heteroatoms. The molecule has 0 bridgehead atoms. The maximum Gasteiger partial charge on any atom is 0.293 e. The van der Waals surface area contributed by atoms with Gasteiger partial charge in [0.05, 0.1) is 4.91 Å². The quantitative estimate of drug-likeness (QED) is 0.752. The van der Waals surface area contributed by atoms with Crippen LogP contribution in [-0.4, -0.2) is 23.1 Å². The molecule has 0 aromatic heterocycles. The van der Waals surface area contributed by atoms with Crippen molar-refractivity contribution in [1.82, 2.24) is 4.90 Å². The van der Waals surface area contributed by atoms with Gasteiger partial charge < -0.3 is 0 Å². The van der Waals surface area contributed by atoms with Gasteiger partial charge in [0.25, 0.3) is 11.1 Å². The molecule has 3 nitrogen and oxygen atoms in total. The molecule has 1 aromatic rings. The fourth-order valence-electron chi connectivity index (χ4n) is 1.37. The summed E-state index contributed by atoms with van der Waals surface area (Å²) in [5, 5.41) is -0.227. The molecule has 1 aromatic carbocycles. The van der Waals surface area contributed by atoms with Gasteiger partial charge in [0.1, 0.15) is 0 Å². The number of benzene rings is 1. The lowest BCUT2D eigenvalue weighted by Gasteiger charge is -2.00. The third-order valence-corrected chi connectivity index (χ3v) is 3.30. The predicted molar refractivity (Wildman–Crippen MR) is 69.3 cm³/mol. The van der Waals surface area contributed by atoms with Gasteiger partial charge in [0, 0.05) is 7.05 Å². The van der Waals surface area contributed by atoms with Crippen LogP contribution in [0, 0.1) is 0 Å². The number of thioether (sulfide) groups is 1. The number of hydrogen-bond donors (Lipinski definition) is 0. The SMILES string of the molecule is CN1C(=O)S/C(=C\C=C\c2ccccc2)C1=O. The van der Waals surface area contributed by atoms with Gasteiger partial charge in [-0.3, -0.25) is 14.5 Å². The summed E-state index contributed by atoms with van der Waals surface area (Å²) in [5.41, 5.74) is 1.06.